The molecule has 0 fully saturated rings. The number of aromatic nitrogens is 5. The average molecular weight is 483 g/mol. The average Bonchev–Trinajstić information content (AvgIpc) is 3.49. The van der Waals surface area contributed by atoms with Crippen LogP contribution in [0.25, 0.3) is 33.3 Å². The Balaban J connectivity index is 1.68. The summed E-state index contributed by atoms with van der Waals surface area (Å²) in [4.78, 5) is 4.68. The Morgan fingerprint density at radius 2 is 1.77 bits per heavy atom. The molecule has 1 aromatic carbocycles. The number of hydrogen-bond donors (Lipinski definition) is 0. The number of pyridine rings is 1. The first-order valence-electron chi connectivity index (χ1n) is 10.9. The lowest BCUT2D eigenvalue weighted by Crippen LogP contribution is -2.17. The summed E-state index contributed by atoms with van der Waals surface area (Å²) >= 11 is 0. The zero-order chi connectivity index (χ0) is 24.9. The number of aryl methyl sites for hydroxylation is 2. The Kier molecular flexibility index (Phi) is 5.46. The van der Waals surface area contributed by atoms with Crippen LogP contribution in [0.2, 0.25) is 0 Å². The summed E-state index contributed by atoms with van der Waals surface area (Å²) in [5.74, 6) is 0.320. The van der Waals surface area contributed by atoms with Crippen molar-refractivity contribution >= 4 is 11.0 Å². The normalized spacial score (nSPS) is 13.0. The van der Waals surface area contributed by atoms with Gasteiger partial charge in [-0.1, -0.05) is 17.3 Å². The predicted molar refractivity (Wildman–Crippen MR) is 122 cm³/mol. The van der Waals surface area contributed by atoms with Gasteiger partial charge >= 0.3 is 6.18 Å². The van der Waals surface area contributed by atoms with Gasteiger partial charge in [-0.2, -0.15) is 18.3 Å². The number of fused-ring (bicyclic) bond motifs is 1. The molecular weight excluding hydrogens is 462 g/mol. The highest BCUT2D eigenvalue weighted by molar-refractivity contribution is 5.95. The van der Waals surface area contributed by atoms with E-state index < -0.39 is 12.7 Å². The van der Waals surface area contributed by atoms with E-state index in [0.29, 0.717) is 22.4 Å². The molecule has 6 nitrogen and oxygen atoms in total. The summed E-state index contributed by atoms with van der Waals surface area (Å²) in [6, 6.07) is 7.95. The van der Waals surface area contributed by atoms with Crippen LogP contribution in [0.5, 0.6) is 0 Å². The van der Waals surface area contributed by atoms with E-state index in [0.717, 1.165) is 32.6 Å². The first kappa shape index (κ1) is 22.8. The predicted octanol–water partition coefficient (Wildman–Crippen LogP) is 6.48. The van der Waals surface area contributed by atoms with E-state index >= 15 is 0 Å². The first-order valence-corrected chi connectivity index (χ1v) is 10.9. The molecule has 35 heavy (non-hydrogen) atoms. The van der Waals surface area contributed by atoms with E-state index in [1.165, 1.54) is 24.5 Å². The Bertz CT molecular complexity index is 1490. The zero-order valence-electron chi connectivity index (χ0n) is 19.1. The van der Waals surface area contributed by atoms with Crippen LogP contribution in [0, 0.1) is 19.7 Å². The Morgan fingerprint density at radius 3 is 2.43 bits per heavy atom. The van der Waals surface area contributed by atoms with Crippen LogP contribution in [0.4, 0.5) is 17.6 Å². The fourth-order valence-corrected chi connectivity index (χ4v) is 4.37. The first-order chi connectivity index (χ1) is 16.6. The summed E-state index contributed by atoms with van der Waals surface area (Å²) in [7, 11) is 0. The number of rotatable bonds is 5. The van der Waals surface area contributed by atoms with E-state index in [2.05, 4.69) is 15.2 Å². The van der Waals surface area contributed by atoms with Crippen LogP contribution in [0.1, 0.15) is 30.0 Å². The fourth-order valence-electron chi connectivity index (χ4n) is 4.37. The van der Waals surface area contributed by atoms with E-state index in [9.17, 15) is 17.6 Å². The minimum absolute atomic E-state index is 0.209. The van der Waals surface area contributed by atoms with Gasteiger partial charge in [-0.3, -0.25) is 9.67 Å². The fraction of sp³-hybridized carbons (Fsp3) is 0.240. The van der Waals surface area contributed by atoms with Gasteiger partial charge in [-0.25, -0.2) is 4.39 Å². The molecule has 4 heterocycles. The lowest BCUT2D eigenvalue weighted by molar-refractivity contribution is -0.142. The van der Waals surface area contributed by atoms with E-state index in [-0.39, 0.29) is 11.9 Å². The maximum Gasteiger partial charge on any atom is 0.408 e. The summed E-state index contributed by atoms with van der Waals surface area (Å²) in [6.45, 7) is 4.45. The molecule has 0 bridgehead atoms. The highest BCUT2D eigenvalue weighted by atomic mass is 19.4. The van der Waals surface area contributed by atoms with Crippen molar-refractivity contribution in [3.8, 4) is 22.3 Å². The van der Waals surface area contributed by atoms with E-state index in [1.54, 1.807) is 18.3 Å². The third-order valence-corrected chi connectivity index (χ3v) is 6.05. The second-order valence-corrected chi connectivity index (χ2v) is 8.51. The molecule has 5 aromatic rings. The number of halogens is 4. The number of alkyl halides is 3. The quantitative estimate of drug-likeness (QED) is 0.268. The minimum atomic E-state index is -4.38. The molecule has 10 heteroatoms. The second-order valence-electron chi connectivity index (χ2n) is 8.51. The number of benzene rings is 1. The molecule has 0 amide bonds. The van der Waals surface area contributed by atoms with Crippen LogP contribution < -0.4 is 0 Å². The van der Waals surface area contributed by atoms with Gasteiger partial charge < -0.3 is 9.09 Å². The van der Waals surface area contributed by atoms with Crippen LogP contribution in [0.15, 0.2) is 59.6 Å². The van der Waals surface area contributed by atoms with E-state index in [1.807, 2.05) is 37.6 Å². The van der Waals surface area contributed by atoms with Crippen molar-refractivity contribution < 1.29 is 22.1 Å². The van der Waals surface area contributed by atoms with Crippen molar-refractivity contribution in [2.75, 3.05) is 0 Å². The van der Waals surface area contributed by atoms with Gasteiger partial charge in [-0.05, 0) is 44.5 Å². The van der Waals surface area contributed by atoms with Crippen molar-refractivity contribution in [2.24, 2.45) is 0 Å². The molecule has 0 N–H and O–H groups in total. The molecule has 0 saturated carbocycles. The molecule has 0 saturated heterocycles. The lowest BCUT2D eigenvalue weighted by Gasteiger charge is -2.16. The molecule has 0 radical (unpaired) electrons. The molecule has 1 atom stereocenters. The monoisotopic (exact) mass is 483 g/mol. The van der Waals surface area contributed by atoms with Crippen molar-refractivity contribution in [3.05, 3.63) is 78.0 Å². The Hall–Kier alpha value is -3.95. The maximum absolute atomic E-state index is 13.5. The SMILES string of the molecule is Cc1noc(C)c1-c1cnc2c(-c3cnn(CC(F)(F)F)c3)cn(C(C)c3ccc(F)cc3)c2c1. The molecule has 0 aliphatic rings. The van der Waals surface area contributed by atoms with Crippen LogP contribution in [0.3, 0.4) is 0 Å². The molecule has 180 valence electrons. The van der Waals surface area contributed by atoms with Gasteiger partial charge in [0.05, 0.1) is 29.0 Å². The van der Waals surface area contributed by atoms with E-state index in [4.69, 9.17) is 4.52 Å². The summed E-state index contributed by atoms with van der Waals surface area (Å²) in [5, 5.41) is 7.91. The Labute approximate surface area is 197 Å². The lowest BCUT2D eigenvalue weighted by atomic mass is 10.0. The van der Waals surface area contributed by atoms with Gasteiger partial charge in [0.25, 0.3) is 0 Å². The van der Waals surface area contributed by atoms with Gasteiger partial charge in [0.1, 0.15) is 18.1 Å². The van der Waals surface area contributed by atoms with Gasteiger partial charge in [-0.15, -0.1) is 0 Å². The molecule has 1 unspecified atom stereocenters. The third kappa shape index (κ3) is 4.31. The van der Waals surface area contributed by atoms with Gasteiger partial charge in [0, 0.05) is 40.8 Å². The number of hydrogen-bond acceptors (Lipinski definition) is 4. The number of nitrogens with zero attached hydrogens (tertiary/aromatic N) is 5. The molecule has 4 aromatic heterocycles. The van der Waals surface area contributed by atoms with Gasteiger partial charge in [0.15, 0.2) is 0 Å². The van der Waals surface area contributed by atoms with Crippen molar-refractivity contribution in [3.63, 3.8) is 0 Å². The molecular formula is C25H21F4N5O. The van der Waals surface area contributed by atoms with Gasteiger partial charge in [0.2, 0.25) is 0 Å². The third-order valence-electron chi connectivity index (χ3n) is 6.05. The van der Waals surface area contributed by atoms with Crippen molar-refractivity contribution in [2.45, 2.75) is 39.5 Å². The maximum atomic E-state index is 13.5. The molecule has 0 spiro atoms. The summed E-state index contributed by atoms with van der Waals surface area (Å²) < 4.78 is 60.2. The van der Waals surface area contributed by atoms with Crippen molar-refractivity contribution in [1.82, 2.24) is 24.5 Å². The molecule has 5 rings (SSSR count). The van der Waals surface area contributed by atoms with Crippen LogP contribution in [-0.2, 0) is 6.54 Å². The summed E-state index contributed by atoms with van der Waals surface area (Å²) in [5.41, 5.74) is 5.76. The molecule has 0 aliphatic carbocycles. The highest BCUT2D eigenvalue weighted by Crippen LogP contribution is 2.36. The van der Waals surface area contributed by atoms with Crippen molar-refractivity contribution in [1.29, 1.82) is 0 Å². The highest BCUT2D eigenvalue weighted by Gasteiger charge is 2.29. The second kappa shape index (κ2) is 8.37. The van der Waals surface area contributed by atoms with Crippen LogP contribution in [-0.4, -0.2) is 30.7 Å². The topological polar surface area (TPSA) is 61.7 Å². The standard InChI is InChI=1S/C25H21F4N5O/c1-14-23(16(3)35-32-14)18-8-22-24(30-9-18)21(19-10-31-33(11-19)13-25(27,28)29)12-34(22)15(2)17-4-6-20(26)7-5-17/h4-12,15H,13H2,1-3H3. The molecule has 0 aliphatic heterocycles. The summed E-state index contributed by atoms with van der Waals surface area (Å²) in [6.07, 6.45) is 1.93. The zero-order valence-corrected chi connectivity index (χ0v) is 19.1. The minimum Gasteiger partial charge on any atom is -0.361 e. The Morgan fingerprint density at radius 1 is 1.03 bits per heavy atom. The largest absolute Gasteiger partial charge is 0.408 e. The van der Waals surface area contributed by atoms with Crippen LogP contribution >= 0.6 is 0 Å². The smallest absolute Gasteiger partial charge is 0.361 e.